The largest absolute Gasteiger partial charge is 0.507 e. The van der Waals surface area contributed by atoms with Crippen molar-refractivity contribution in [3.8, 4) is 28.3 Å². The first-order valence-electron chi connectivity index (χ1n) is 8.82. The topological polar surface area (TPSA) is 78.2 Å². The van der Waals surface area contributed by atoms with E-state index in [-0.39, 0.29) is 23.1 Å². The molecule has 27 heavy (non-hydrogen) atoms. The number of fused-ring (bicyclic) bond motifs is 1. The number of para-hydroxylation sites is 2. The molecule has 0 amide bonds. The molecule has 4 aromatic rings. The van der Waals surface area contributed by atoms with Gasteiger partial charge in [0.2, 0.25) is 0 Å². The molecule has 1 heterocycles. The van der Waals surface area contributed by atoms with Gasteiger partial charge in [-0.25, -0.2) is 4.79 Å². The van der Waals surface area contributed by atoms with E-state index in [1.165, 1.54) is 10.6 Å². The van der Waals surface area contributed by atoms with E-state index in [9.17, 15) is 15.0 Å². The van der Waals surface area contributed by atoms with Crippen LogP contribution in [-0.2, 0) is 0 Å². The summed E-state index contributed by atoms with van der Waals surface area (Å²) in [5.41, 5.74) is 3.84. The van der Waals surface area contributed by atoms with Gasteiger partial charge in [0.1, 0.15) is 11.5 Å². The number of aromatic hydroxyl groups is 2. The van der Waals surface area contributed by atoms with Gasteiger partial charge in [0.25, 0.3) is 0 Å². The third kappa shape index (κ3) is 2.77. The molecule has 4 rings (SSSR count). The summed E-state index contributed by atoms with van der Waals surface area (Å²) in [6.07, 6.45) is 0. The summed E-state index contributed by atoms with van der Waals surface area (Å²) < 4.78 is 1.42. The van der Waals surface area contributed by atoms with Crippen molar-refractivity contribution in [3.63, 3.8) is 0 Å². The Morgan fingerprint density at radius 3 is 2.37 bits per heavy atom. The molecule has 3 N–H and O–H groups in total. The molecule has 3 aromatic carbocycles. The first kappa shape index (κ1) is 17.0. The maximum Gasteiger partial charge on any atom is 0.331 e. The Labute approximate surface area is 156 Å². The quantitative estimate of drug-likeness (QED) is 0.503. The fourth-order valence-corrected chi connectivity index (χ4v) is 3.50. The fourth-order valence-electron chi connectivity index (χ4n) is 3.50. The highest BCUT2D eigenvalue weighted by Gasteiger charge is 2.18. The zero-order valence-electron chi connectivity index (χ0n) is 15.1. The maximum absolute atomic E-state index is 12.5. The van der Waals surface area contributed by atoms with Crippen LogP contribution in [0.25, 0.3) is 27.8 Å². The average Bonchev–Trinajstić information content (AvgIpc) is 2.98. The summed E-state index contributed by atoms with van der Waals surface area (Å²) >= 11 is 0. The van der Waals surface area contributed by atoms with E-state index in [1.54, 1.807) is 18.2 Å². The number of nitrogens with zero attached hydrogens (tertiary/aromatic N) is 1. The maximum atomic E-state index is 12.5. The number of phenols is 2. The Balaban J connectivity index is 2.01. The van der Waals surface area contributed by atoms with Gasteiger partial charge in [0.05, 0.1) is 16.7 Å². The number of imidazole rings is 1. The van der Waals surface area contributed by atoms with E-state index < -0.39 is 0 Å². The molecule has 0 bridgehead atoms. The van der Waals surface area contributed by atoms with Crippen molar-refractivity contribution in [2.75, 3.05) is 0 Å². The molecule has 0 aliphatic rings. The van der Waals surface area contributed by atoms with Gasteiger partial charge in [-0.2, -0.15) is 0 Å². The van der Waals surface area contributed by atoms with Gasteiger partial charge in [0.15, 0.2) is 0 Å². The molecule has 5 heteroatoms. The van der Waals surface area contributed by atoms with Gasteiger partial charge in [-0.05, 0) is 35.2 Å². The molecular formula is C22H20N2O3. The lowest BCUT2D eigenvalue weighted by molar-refractivity contribution is 0.450. The lowest BCUT2D eigenvalue weighted by Crippen LogP contribution is -2.14. The van der Waals surface area contributed by atoms with E-state index in [4.69, 9.17) is 0 Å². The molecule has 0 fully saturated rings. The van der Waals surface area contributed by atoms with E-state index in [2.05, 4.69) is 18.8 Å². The standard InChI is InChI=1S/C22H20N2O3/c1-13(2)14-7-3-4-8-15(14)16-11-19(21(26)12-20(16)25)24-18-10-6-5-9-17(18)23-22(24)27/h3-13,25-26H,1-2H3,(H,23,27). The van der Waals surface area contributed by atoms with Crippen LogP contribution in [0.4, 0.5) is 0 Å². The van der Waals surface area contributed by atoms with Crippen LogP contribution in [0.1, 0.15) is 25.3 Å². The number of aromatic nitrogens is 2. The lowest BCUT2D eigenvalue weighted by Gasteiger charge is -2.16. The van der Waals surface area contributed by atoms with Crippen LogP contribution < -0.4 is 5.69 Å². The minimum absolute atomic E-state index is 0.0303. The first-order chi connectivity index (χ1) is 13.0. The summed E-state index contributed by atoms with van der Waals surface area (Å²) in [6, 6.07) is 18.0. The van der Waals surface area contributed by atoms with Crippen LogP contribution in [0.2, 0.25) is 0 Å². The first-order valence-corrected chi connectivity index (χ1v) is 8.82. The Hall–Kier alpha value is -3.47. The molecule has 0 aliphatic heterocycles. The van der Waals surface area contributed by atoms with Gasteiger partial charge in [-0.1, -0.05) is 50.2 Å². The van der Waals surface area contributed by atoms with Crippen molar-refractivity contribution < 1.29 is 10.2 Å². The molecule has 0 saturated heterocycles. The van der Waals surface area contributed by atoms with E-state index >= 15 is 0 Å². The third-order valence-electron chi connectivity index (χ3n) is 4.80. The average molecular weight is 360 g/mol. The molecule has 1 aromatic heterocycles. The zero-order chi connectivity index (χ0) is 19.1. The minimum Gasteiger partial charge on any atom is -0.507 e. The molecular weight excluding hydrogens is 340 g/mol. The third-order valence-corrected chi connectivity index (χ3v) is 4.80. The number of H-pyrrole nitrogens is 1. The number of hydrogen-bond acceptors (Lipinski definition) is 3. The van der Waals surface area contributed by atoms with Crippen molar-refractivity contribution >= 4 is 11.0 Å². The van der Waals surface area contributed by atoms with Crippen LogP contribution in [-0.4, -0.2) is 19.8 Å². The van der Waals surface area contributed by atoms with E-state index in [1.807, 2.05) is 36.4 Å². The lowest BCUT2D eigenvalue weighted by atomic mass is 9.92. The molecule has 0 saturated carbocycles. The molecule has 136 valence electrons. The van der Waals surface area contributed by atoms with Crippen molar-refractivity contribution in [2.45, 2.75) is 19.8 Å². The molecule has 0 atom stereocenters. The predicted molar refractivity (Wildman–Crippen MR) is 107 cm³/mol. The van der Waals surface area contributed by atoms with Gasteiger partial charge in [-0.15, -0.1) is 0 Å². The summed E-state index contributed by atoms with van der Waals surface area (Å²) in [4.78, 5) is 15.3. The highest BCUT2D eigenvalue weighted by Crippen LogP contribution is 2.39. The van der Waals surface area contributed by atoms with Gasteiger partial charge < -0.3 is 15.2 Å². The highest BCUT2D eigenvalue weighted by atomic mass is 16.3. The van der Waals surface area contributed by atoms with Crippen LogP contribution in [0.3, 0.4) is 0 Å². The van der Waals surface area contributed by atoms with E-state index in [0.717, 1.165) is 11.1 Å². The van der Waals surface area contributed by atoms with Crippen molar-refractivity contribution in [1.29, 1.82) is 0 Å². The van der Waals surface area contributed by atoms with E-state index in [0.29, 0.717) is 22.3 Å². The van der Waals surface area contributed by atoms with Crippen molar-refractivity contribution in [1.82, 2.24) is 9.55 Å². The summed E-state index contributed by atoms with van der Waals surface area (Å²) in [5.74, 6) is 0.0658. The molecule has 0 unspecified atom stereocenters. The SMILES string of the molecule is CC(C)c1ccccc1-c1cc(-n2c(=O)[nH]c3ccccc32)c(O)cc1O. The second-order valence-electron chi connectivity index (χ2n) is 6.88. The fraction of sp³-hybridized carbons (Fsp3) is 0.136. The monoisotopic (exact) mass is 360 g/mol. The number of rotatable bonds is 3. The second kappa shape index (κ2) is 6.36. The Morgan fingerprint density at radius 1 is 0.889 bits per heavy atom. The Morgan fingerprint density at radius 2 is 1.59 bits per heavy atom. The minimum atomic E-state index is -0.347. The van der Waals surface area contributed by atoms with Crippen LogP contribution in [0.15, 0.2) is 65.5 Å². The number of benzene rings is 3. The smallest absolute Gasteiger partial charge is 0.331 e. The molecule has 0 aliphatic carbocycles. The second-order valence-corrected chi connectivity index (χ2v) is 6.88. The summed E-state index contributed by atoms with van der Waals surface area (Å²) in [6.45, 7) is 4.17. The molecule has 0 spiro atoms. The molecule has 5 nitrogen and oxygen atoms in total. The number of phenolic OH excluding ortho intramolecular Hbond substituents is 2. The zero-order valence-corrected chi connectivity index (χ0v) is 15.1. The summed E-state index contributed by atoms with van der Waals surface area (Å²) in [7, 11) is 0. The molecule has 0 radical (unpaired) electrons. The number of nitrogens with one attached hydrogen (secondary N) is 1. The summed E-state index contributed by atoms with van der Waals surface area (Å²) in [5, 5.41) is 21.0. The number of hydrogen-bond donors (Lipinski definition) is 3. The van der Waals surface area contributed by atoms with Gasteiger partial charge in [-0.3, -0.25) is 4.57 Å². The van der Waals surface area contributed by atoms with Crippen molar-refractivity contribution in [3.05, 3.63) is 76.7 Å². The predicted octanol–water partition coefficient (Wildman–Crippen LogP) is 4.52. The Bertz CT molecular complexity index is 1200. The van der Waals surface area contributed by atoms with Crippen LogP contribution in [0, 0.1) is 0 Å². The normalized spacial score (nSPS) is 11.4. The van der Waals surface area contributed by atoms with Crippen molar-refractivity contribution in [2.24, 2.45) is 0 Å². The van der Waals surface area contributed by atoms with Crippen LogP contribution >= 0.6 is 0 Å². The Kier molecular flexibility index (Phi) is 4.00. The van der Waals surface area contributed by atoms with Gasteiger partial charge >= 0.3 is 5.69 Å². The van der Waals surface area contributed by atoms with Crippen LogP contribution in [0.5, 0.6) is 11.5 Å². The van der Waals surface area contributed by atoms with Gasteiger partial charge in [0, 0.05) is 11.6 Å². The highest BCUT2D eigenvalue weighted by molar-refractivity contribution is 5.81. The number of aromatic amines is 1.